The first kappa shape index (κ1) is 17.0. The Kier molecular flexibility index (Phi) is 4.74. The number of rotatable bonds is 6. The van der Waals surface area contributed by atoms with Crippen molar-refractivity contribution in [3.63, 3.8) is 0 Å². The summed E-state index contributed by atoms with van der Waals surface area (Å²) in [5.74, 6) is 0.229. The minimum atomic E-state index is 0.0155. The standard InChI is InChI=1S/C20H23N3O2/c1-4-19(25)13-22-10-9-16-6-7-17(11-20(16)22)21-12-18-8-5-14(2)23(18)15(3)24/h5-11,21H,4,12-13H2,1-3H3. The number of benzene rings is 1. The number of anilines is 1. The van der Waals surface area contributed by atoms with E-state index in [4.69, 9.17) is 0 Å². The van der Waals surface area contributed by atoms with Gasteiger partial charge < -0.3 is 9.88 Å². The van der Waals surface area contributed by atoms with Crippen molar-refractivity contribution in [2.24, 2.45) is 0 Å². The van der Waals surface area contributed by atoms with Crippen LogP contribution in [-0.2, 0) is 17.9 Å². The molecular weight excluding hydrogens is 314 g/mol. The quantitative estimate of drug-likeness (QED) is 0.739. The van der Waals surface area contributed by atoms with Gasteiger partial charge in [0.2, 0.25) is 5.91 Å². The molecule has 0 aliphatic heterocycles. The lowest BCUT2D eigenvalue weighted by Gasteiger charge is -2.11. The van der Waals surface area contributed by atoms with Crippen LogP contribution >= 0.6 is 0 Å². The summed E-state index contributed by atoms with van der Waals surface area (Å²) in [5.41, 5.74) is 3.86. The molecule has 2 heterocycles. The molecule has 25 heavy (non-hydrogen) atoms. The molecule has 0 spiro atoms. The van der Waals surface area contributed by atoms with Crippen LogP contribution in [0.3, 0.4) is 0 Å². The maximum Gasteiger partial charge on any atom is 0.227 e. The lowest BCUT2D eigenvalue weighted by atomic mass is 10.2. The zero-order chi connectivity index (χ0) is 18.0. The van der Waals surface area contributed by atoms with Gasteiger partial charge in [-0.05, 0) is 42.6 Å². The van der Waals surface area contributed by atoms with E-state index in [1.54, 1.807) is 11.5 Å². The van der Waals surface area contributed by atoms with E-state index in [1.165, 1.54) is 0 Å². The highest BCUT2D eigenvalue weighted by Crippen LogP contribution is 2.21. The average Bonchev–Trinajstić information content (AvgIpc) is 3.16. The maximum absolute atomic E-state index is 11.8. The molecule has 1 N–H and O–H groups in total. The minimum Gasteiger partial charge on any atom is -0.379 e. The zero-order valence-corrected chi connectivity index (χ0v) is 14.9. The van der Waals surface area contributed by atoms with Crippen LogP contribution in [0.4, 0.5) is 5.69 Å². The largest absolute Gasteiger partial charge is 0.379 e. The lowest BCUT2D eigenvalue weighted by Crippen LogP contribution is -2.14. The molecule has 0 unspecified atom stereocenters. The van der Waals surface area contributed by atoms with Gasteiger partial charge in [-0.3, -0.25) is 14.2 Å². The summed E-state index contributed by atoms with van der Waals surface area (Å²) in [6, 6.07) is 12.0. The molecule has 0 bridgehead atoms. The van der Waals surface area contributed by atoms with Gasteiger partial charge in [-0.1, -0.05) is 13.0 Å². The maximum atomic E-state index is 11.8. The predicted octanol–water partition coefficient (Wildman–Crippen LogP) is 4.00. The van der Waals surface area contributed by atoms with Crippen molar-refractivity contribution in [3.8, 4) is 0 Å². The second-order valence-corrected chi connectivity index (χ2v) is 6.28. The number of ketones is 1. The number of hydrogen-bond acceptors (Lipinski definition) is 3. The number of hydrogen-bond donors (Lipinski definition) is 1. The second kappa shape index (κ2) is 6.97. The number of fused-ring (bicyclic) bond motifs is 1. The molecule has 0 aliphatic carbocycles. The SMILES string of the molecule is CCC(=O)Cn1ccc2ccc(NCc3ccc(C)n3C(C)=O)cc21. The van der Waals surface area contributed by atoms with Crippen molar-refractivity contribution in [2.45, 2.75) is 40.3 Å². The Bertz CT molecular complexity index is 934. The minimum absolute atomic E-state index is 0.0155. The normalized spacial score (nSPS) is 11.0. The molecule has 0 saturated heterocycles. The van der Waals surface area contributed by atoms with Crippen molar-refractivity contribution in [3.05, 3.63) is 54.0 Å². The second-order valence-electron chi connectivity index (χ2n) is 6.28. The van der Waals surface area contributed by atoms with Crippen LogP contribution in [0.2, 0.25) is 0 Å². The van der Waals surface area contributed by atoms with E-state index in [0.29, 0.717) is 19.5 Å². The van der Waals surface area contributed by atoms with Crippen molar-refractivity contribution < 1.29 is 9.59 Å². The van der Waals surface area contributed by atoms with Crippen molar-refractivity contribution in [1.29, 1.82) is 0 Å². The first-order chi connectivity index (χ1) is 12.0. The molecule has 0 radical (unpaired) electrons. The van der Waals surface area contributed by atoms with Crippen LogP contribution in [0.5, 0.6) is 0 Å². The summed E-state index contributed by atoms with van der Waals surface area (Å²) >= 11 is 0. The van der Waals surface area contributed by atoms with Crippen LogP contribution in [0.25, 0.3) is 10.9 Å². The Morgan fingerprint density at radius 1 is 1.12 bits per heavy atom. The highest BCUT2D eigenvalue weighted by atomic mass is 16.1. The number of aromatic nitrogens is 2. The Morgan fingerprint density at radius 3 is 2.64 bits per heavy atom. The molecule has 0 atom stereocenters. The third-order valence-electron chi connectivity index (χ3n) is 4.46. The Labute approximate surface area is 147 Å². The van der Waals surface area contributed by atoms with E-state index in [1.807, 2.05) is 61.0 Å². The fraction of sp³-hybridized carbons (Fsp3) is 0.300. The number of Topliss-reactive ketones (excluding diaryl/α,β-unsaturated/α-hetero) is 1. The van der Waals surface area contributed by atoms with E-state index < -0.39 is 0 Å². The number of nitrogens with one attached hydrogen (secondary N) is 1. The van der Waals surface area contributed by atoms with E-state index in [0.717, 1.165) is 28.0 Å². The van der Waals surface area contributed by atoms with Gasteiger partial charge in [0.25, 0.3) is 0 Å². The van der Waals surface area contributed by atoms with E-state index in [2.05, 4.69) is 5.32 Å². The Morgan fingerprint density at radius 2 is 1.92 bits per heavy atom. The lowest BCUT2D eigenvalue weighted by molar-refractivity contribution is -0.119. The first-order valence-corrected chi connectivity index (χ1v) is 8.52. The van der Waals surface area contributed by atoms with Gasteiger partial charge in [0.1, 0.15) is 0 Å². The molecule has 5 nitrogen and oxygen atoms in total. The third-order valence-corrected chi connectivity index (χ3v) is 4.46. The monoisotopic (exact) mass is 337 g/mol. The molecule has 0 aliphatic rings. The van der Waals surface area contributed by atoms with Gasteiger partial charge in [-0.2, -0.15) is 0 Å². The summed E-state index contributed by atoms with van der Waals surface area (Å²) < 4.78 is 3.70. The summed E-state index contributed by atoms with van der Waals surface area (Å²) in [6.07, 6.45) is 2.49. The fourth-order valence-electron chi connectivity index (χ4n) is 3.11. The number of nitrogens with zero attached hydrogens (tertiary/aromatic N) is 2. The van der Waals surface area contributed by atoms with E-state index in [-0.39, 0.29) is 11.7 Å². The molecular formula is C20H23N3O2. The molecule has 0 fully saturated rings. The predicted molar refractivity (Wildman–Crippen MR) is 100 cm³/mol. The molecule has 0 saturated carbocycles. The summed E-state index contributed by atoms with van der Waals surface area (Å²) in [5, 5.41) is 4.48. The highest BCUT2D eigenvalue weighted by Gasteiger charge is 2.09. The molecule has 0 amide bonds. The van der Waals surface area contributed by atoms with Gasteiger partial charge in [-0.15, -0.1) is 0 Å². The number of aryl methyl sites for hydroxylation is 1. The van der Waals surface area contributed by atoms with Crippen LogP contribution < -0.4 is 5.32 Å². The van der Waals surface area contributed by atoms with Gasteiger partial charge >= 0.3 is 0 Å². The molecule has 3 aromatic rings. The molecule has 2 aromatic heterocycles. The topological polar surface area (TPSA) is 56.0 Å². The van der Waals surface area contributed by atoms with Crippen molar-refractivity contribution in [1.82, 2.24) is 9.13 Å². The summed E-state index contributed by atoms with van der Waals surface area (Å²) in [4.78, 5) is 23.5. The molecule has 3 rings (SSSR count). The smallest absolute Gasteiger partial charge is 0.227 e. The summed E-state index contributed by atoms with van der Waals surface area (Å²) in [7, 11) is 0. The Balaban J connectivity index is 1.81. The first-order valence-electron chi connectivity index (χ1n) is 8.52. The summed E-state index contributed by atoms with van der Waals surface area (Å²) in [6.45, 7) is 6.34. The van der Waals surface area contributed by atoms with Crippen molar-refractivity contribution >= 4 is 28.3 Å². The molecule has 130 valence electrons. The Hall–Kier alpha value is -2.82. The highest BCUT2D eigenvalue weighted by molar-refractivity contribution is 5.86. The molecule has 1 aromatic carbocycles. The average molecular weight is 337 g/mol. The van der Waals surface area contributed by atoms with Crippen LogP contribution in [-0.4, -0.2) is 20.8 Å². The molecule has 5 heteroatoms. The van der Waals surface area contributed by atoms with E-state index in [9.17, 15) is 9.59 Å². The van der Waals surface area contributed by atoms with Crippen LogP contribution in [0, 0.1) is 6.92 Å². The zero-order valence-electron chi connectivity index (χ0n) is 14.9. The van der Waals surface area contributed by atoms with Gasteiger partial charge in [-0.25, -0.2) is 0 Å². The van der Waals surface area contributed by atoms with Crippen LogP contribution in [0.15, 0.2) is 42.6 Å². The fourth-order valence-corrected chi connectivity index (χ4v) is 3.11. The van der Waals surface area contributed by atoms with Crippen molar-refractivity contribution in [2.75, 3.05) is 5.32 Å². The third kappa shape index (κ3) is 3.50. The van der Waals surface area contributed by atoms with E-state index >= 15 is 0 Å². The van der Waals surface area contributed by atoms with Crippen LogP contribution in [0.1, 0.15) is 36.5 Å². The van der Waals surface area contributed by atoms with Gasteiger partial charge in [0.05, 0.1) is 18.6 Å². The van der Waals surface area contributed by atoms with Gasteiger partial charge in [0, 0.05) is 36.6 Å². The number of carbonyl (C=O) groups is 2. The van der Waals surface area contributed by atoms with Gasteiger partial charge in [0.15, 0.2) is 5.78 Å². The number of carbonyl (C=O) groups excluding carboxylic acids is 2.